The van der Waals surface area contributed by atoms with Gasteiger partial charge in [0.2, 0.25) is 0 Å². The minimum absolute atomic E-state index is 0.831. The third-order valence-corrected chi connectivity index (χ3v) is 2.41. The fourth-order valence-corrected chi connectivity index (χ4v) is 1.68. The number of likely N-dealkylation sites (N-methyl/N-ethyl adjacent to an activating group) is 1. The van der Waals surface area contributed by atoms with E-state index in [4.69, 9.17) is 11.6 Å². The third-order valence-electron chi connectivity index (χ3n) is 2.18. The van der Waals surface area contributed by atoms with E-state index in [1.165, 1.54) is 11.3 Å². The van der Waals surface area contributed by atoms with E-state index in [1.54, 1.807) is 0 Å². The normalized spacial score (nSPS) is 13.4. The number of hydrogen-bond acceptors (Lipinski definition) is 1. The second kappa shape index (κ2) is 4.52. The maximum absolute atomic E-state index is 5.86. The average Bonchev–Trinajstić information content (AvgIpc) is 2.52. The molecule has 2 heteroatoms. The van der Waals surface area contributed by atoms with Gasteiger partial charge in [0, 0.05) is 24.3 Å². The van der Waals surface area contributed by atoms with Crippen LogP contribution in [-0.4, -0.2) is 13.6 Å². The van der Waals surface area contributed by atoms with Crippen molar-refractivity contribution in [1.82, 2.24) is 0 Å². The lowest BCUT2D eigenvalue weighted by Crippen LogP contribution is -2.12. The maximum Gasteiger partial charge on any atom is 0.0426 e. The van der Waals surface area contributed by atoms with Gasteiger partial charge in [0.1, 0.15) is 0 Å². The summed E-state index contributed by atoms with van der Waals surface area (Å²) in [5.74, 6) is 0. The van der Waals surface area contributed by atoms with Gasteiger partial charge in [-0.3, -0.25) is 0 Å². The van der Waals surface area contributed by atoms with E-state index >= 15 is 0 Å². The molecule has 0 saturated carbocycles. The quantitative estimate of drug-likeness (QED) is 0.617. The third kappa shape index (κ3) is 2.16. The Morgan fingerprint density at radius 1 is 1.31 bits per heavy atom. The first-order chi connectivity index (χ1) is 6.27. The zero-order valence-corrected chi connectivity index (χ0v) is 9.23. The first kappa shape index (κ1) is 10.4. The second-order valence-electron chi connectivity index (χ2n) is 2.94. The summed E-state index contributed by atoms with van der Waals surface area (Å²) in [7, 11) is 2.10. The molecule has 0 saturated heterocycles. The summed E-state index contributed by atoms with van der Waals surface area (Å²) >= 11 is 5.86. The van der Waals surface area contributed by atoms with Gasteiger partial charge in [0.25, 0.3) is 0 Å². The minimum atomic E-state index is 0.831. The molecule has 0 spiro atoms. The second-order valence-corrected chi connectivity index (χ2v) is 3.38. The smallest absolute Gasteiger partial charge is 0.0426 e. The monoisotopic (exact) mass is 197 g/mol. The zero-order valence-electron chi connectivity index (χ0n) is 8.47. The van der Waals surface area contributed by atoms with Crippen molar-refractivity contribution in [2.75, 3.05) is 18.5 Å². The highest BCUT2D eigenvalue weighted by atomic mass is 35.5. The molecule has 1 aromatic rings. The van der Waals surface area contributed by atoms with E-state index in [1.807, 2.05) is 26.0 Å². The molecule has 0 N–H and O–H groups in total. The number of anilines is 1. The molecule has 1 heterocycles. The lowest BCUT2D eigenvalue weighted by Gasteiger charge is -2.11. The van der Waals surface area contributed by atoms with Crippen LogP contribution in [-0.2, 0) is 6.42 Å². The number of halogens is 1. The van der Waals surface area contributed by atoms with Crippen LogP contribution in [0.2, 0.25) is 5.02 Å². The maximum atomic E-state index is 5.86. The summed E-state index contributed by atoms with van der Waals surface area (Å²) in [6.07, 6.45) is 1.16. The van der Waals surface area contributed by atoms with Gasteiger partial charge in [-0.1, -0.05) is 31.5 Å². The van der Waals surface area contributed by atoms with Crippen molar-refractivity contribution in [3.05, 3.63) is 28.8 Å². The molecule has 0 aromatic heterocycles. The lowest BCUT2D eigenvalue weighted by atomic mass is 10.2. The van der Waals surface area contributed by atoms with Crippen LogP contribution >= 0.6 is 11.6 Å². The van der Waals surface area contributed by atoms with Crippen LogP contribution < -0.4 is 4.90 Å². The highest BCUT2D eigenvalue weighted by Crippen LogP contribution is 2.28. The van der Waals surface area contributed by atoms with Gasteiger partial charge >= 0.3 is 0 Å². The Kier molecular flexibility index (Phi) is 3.61. The Labute approximate surface area is 85.3 Å². The molecule has 0 aliphatic carbocycles. The molecule has 1 aromatic carbocycles. The molecule has 0 bridgehead atoms. The molecule has 0 unspecified atom stereocenters. The van der Waals surface area contributed by atoms with E-state index in [2.05, 4.69) is 18.0 Å². The van der Waals surface area contributed by atoms with E-state index in [-0.39, 0.29) is 0 Å². The number of fused-ring (bicyclic) bond motifs is 1. The first-order valence-electron chi connectivity index (χ1n) is 4.77. The Morgan fingerprint density at radius 2 is 2.00 bits per heavy atom. The number of benzene rings is 1. The van der Waals surface area contributed by atoms with Crippen molar-refractivity contribution in [2.24, 2.45) is 0 Å². The number of hydrogen-bond donors (Lipinski definition) is 0. The summed E-state index contributed by atoms with van der Waals surface area (Å²) in [6, 6.07) is 6.10. The highest BCUT2D eigenvalue weighted by Gasteiger charge is 2.14. The van der Waals surface area contributed by atoms with Crippen molar-refractivity contribution in [3.63, 3.8) is 0 Å². The lowest BCUT2D eigenvalue weighted by molar-refractivity contribution is 0.956. The standard InChI is InChI=1S/C9H10ClN.C2H6/c1-11-5-4-7-2-3-8(10)6-9(7)11;1-2/h2-3,6H,4-5H2,1H3;1-2H3. The van der Waals surface area contributed by atoms with E-state index in [0.29, 0.717) is 0 Å². The Morgan fingerprint density at radius 3 is 2.69 bits per heavy atom. The Balaban J connectivity index is 0.000000396. The molecular formula is C11H16ClN. The van der Waals surface area contributed by atoms with Gasteiger partial charge in [-0.15, -0.1) is 0 Å². The van der Waals surface area contributed by atoms with E-state index < -0.39 is 0 Å². The van der Waals surface area contributed by atoms with Gasteiger partial charge in [-0.05, 0) is 24.1 Å². The molecule has 0 fully saturated rings. The number of nitrogens with zero attached hydrogens (tertiary/aromatic N) is 1. The topological polar surface area (TPSA) is 3.24 Å². The van der Waals surface area contributed by atoms with E-state index in [9.17, 15) is 0 Å². The van der Waals surface area contributed by atoms with Crippen LogP contribution in [0.5, 0.6) is 0 Å². The fraction of sp³-hybridized carbons (Fsp3) is 0.455. The van der Waals surface area contributed by atoms with Crippen LogP contribution in [0, 0.1) is 0 Å². The highest BCUT2D eigenvalue weighted by molar-refractivity contribution is 6.30. The summed E-state index contributed by atoms with van der Waals surface area (Å²) in [5, 5.41) is 0.831. The summed E-state index contributed by atoms with van der Waals surface area (Å²) in [6.45, 7) is 5.12. The van der Waals surface area contributed by atoms with Gasteiger partial charge in [0.05, 0.1) is 0 Å². The van der Waals surface area contributed by atoms with Crippen molar-refractivity contribution in [1.29, 1.82) is 0 Å². The predicted molar refractivity (Wildman–Crippen MR) is 59.8 cm³/mol. The molecule has 0 radical (unpaired) electrons. The molecule has 1 nitrogen and oxygen atoms in total. The van der Waals surface area contributed by atoms with Gasteiger partial charge in [-0.25, -0.2) is 0 Å². The van der Waals surface area contributed by atoms with Crippen LogP contribution in [0.1, 0.15) is 19.4 Å². The summed E-state index contributed by atoms with van der Waals surface area (Å²) in [4.78, 5) is 2.24. The summed E-state index contributed by atoms with van der Waals surface area (Å²) < 4.78 is 0. The molecule has 72 valence electrons. The van der Waals surface area contributed by atoms with Gasteiger partial charge in [-0.2, -0.15) is 0 Å². The molecule has 0 atom stereocenters. The molecule has 13 heavy (non-hydrogen) atoms. The van der Waals surface area contributed by atoms with Crippen molar-refractivity contribution in [3.8, 4) is 0 Å². The Hall–Kier alpha value is -0.690. The van der Waals surface area contributed by atoms with Crippen LogP contribution in [0.3, 0.4) is 0 Å². The first-order valence-corrected chi connectivity index (χ1v) is 5.15. The SMILES string of the molecule is CC.CN1CCc2ccc(Cl)cc21. The fourth-order valence-electron chi connectivity index (χ4n) is 1.51. The molecule has 1 aliphatic heterocycles. The van der Waals surface area contributed by atoms with Crippen molar-refractivity contribution < 1.29 is 0 Å². The summed E-state index contributed by atoms with van der Waals surface area (Å²) in [5.41, 5.74) is 2.70. The number of rotatable bonds is 0. The Bertz CT molecular complexity index is 283. The van der Waals surface area contributed by atoms with Crippen molar-refractivity contribution in [2.45, 2.75) is 20.3 Å². The van der Waals surface area contributed by atoms with Crippen LogP contribution in [0.15, 0.2) is 18.2 Å². The predicted octanol–water partition coefficient (Wildman–Crippen LogP) is 3.36. The molecule has 1 aliphatic rings. The van der Waals surface area contributed by atoms with Crippen LogP contribution in [0.25, 0.3) is 0 Å². The average molecular weight is 198 g/mol. The van der Waals surface area contributed by atoms with Crippen LogP contribution in [0.4, 0.5) is 5.69 Å². The minimum Gasteiger partial charge on any atom is -0.374 e. The van der Waals surface area contributed by atoms with Gasteiger partial charge in [0.15, 0.2) is 0 Å². The zero-order chi connectivity index (χ0) is 9.84. The van der Waals surface area contributed by atoms with Crippen molar-refractivity contribution >= 4 is 17.3 Å². The van der Waals surface area contributed by atoms with Gasteiger partial charge < -0.3 is 4.90 Å². The molecule has 2 rings (SSSR count). The van der Waals surface area contributed by atoms with E-state index in [0.717, 1.165) is 18.0 Å². The molecule has 0 amide bonds. The largest absolute Gasteiger partial charge is 0.374 e. The molecular weight excluding hydrogens is 182 g/mol.